The molecule has 0 fully saturated rings. The van der Waals surface area contributed by atoms with E-state index in [2.05, 4.69) is 36.4 Å². The van der Waals surface area contributed by atoms with Gasteiger partial charge in [-0.15, -0.1) is 0 Å². The SMILES string of the molecule is CCOc1ccc(N2C(=O)CC(c3ccc(N(C)C)cc3)C3=C2CC(c2ccccc2)CC3=O)cc1. The van der Waals surface area contributed by atoms with Gasteiger partial charge in [-0.1, -0.05) is 42.5 Å². The molecule has 0 bridgehead atoms. The van der Waals surface area contributed by atoms with Gasteiger partial charge >= 0.3 is 0 Å². The molecule has 5 rings (SSSR count). The molecule has 5 nitrogen and oxygen atoms in total. The molecule has 1 heterocycles. The highest BCUT2D eigenvalue weighted by Gasteiger charge is 2.42. The van der Waals surface area contributed by atoms with Gasteiger partial charge in [0.2, 0.25) is 5.91 Å². The van der Waals surface area contributed by atoms with Crippen molar-refractivity contribution in [2.24, 2.45) is 0 Å². The van der Waals surface area contributed by atoms with Crippen LogP contribution in [0.5, 0.6) is 5.75 Å². The fourth-order valence-electron chi connectivity index (χ4n) is 5.44. The van der Waals surface area contributed by atoms with Gasteiger partial charge in [-0.2, -0.15) is 0 Å². The fourth-order valence-corrected chi connectivity index (χ4v) is 5.44. The van der Waals surface area contributed by atoms with E-state index in [1.165, 1.54) is 0 Å². The van der Waals surface area contributed by atoms with Crippen LogP contribution in [0.4, 0.5) is 11.4 Å². The van der Waals surface area contributed by atoms with Gasteiger partial charge in [0.1, 0.15) is 5.75 Å². The monoisotopic (exact) mass is 480 g/mol. The number of carbonyl (C=O) groups excluding carboxylic acids is 2. The number of ketones is 1. The van der Waals surface area contributed by atoms with Crippen LogP contribution in [0.3, 0.4) is 0 Å². The van der Waals surface area contributed by atoms with Crippen molar-refractivity contribution in [3.05, 3.63) is 101 Å². The minimum absolute atomic E-state index is 0.0149. The van der Waals surface area contributed by atoms with Gasteiger partial charge in [0.05, 0.1) is 6.61 Å². The molecule has 0 radical (unpaired) electrons. The first-order chi connectivity index (χ1) is 17.5. The molecule has 0 N–H and O–H groups in total. The smallest absolute Gasteiger partial charge is 0.232 e. The molecular formula is C31H32N2O3. The Balaban J connectivity index is 1.59. The van der Waals surface area contributed by atoms with Gasteiger partial charge < -0.3 is 9.64 Å². The average molecular weight is 481 g/mol. The molecule has 2 aliphatic rings. The lowest BCUT2D eigenvalue weighted by Gasteiger charge is -2.40. The Morgan fingerprint density at radius 3 is 2.17 bits per heavy atom. The summed E-state index contributed by atoms with van der Waals surface area (Å²) >= 11 is 0. The summed E-state index contributed by atoms with van der Waals surface area (Å²) in [7, 11) is 4.01. The van der Waals surface area contributed by atoms with Gasteiger partial charge in [-0.3, -0.25) is 14.5 Å². The molecule has 1 aliphatic heterocycles. The predicted octanol–water partition coefficient (Wildman–Crippen LogP) is 6.07. The number of anilines is 2. The van der Waals surface area contributed by atoms with E-state index >= 15 is 0 Å². The van der Waals surface area contributed by atoms with Crippen molar-refractivity contribution in [3.63, 3.8) is 0 Å². The molecule has 2 atom stereocenters. The summed E-state index contributed by atoms with van der Waals surface area (Å²) in [5.74, 6) is 0.731. The maximum absolute atomic E-state index is 13.8. The highest BCUT2D eigenvalue weighted by atomic mass is 16.5. The van der Waals surface area contributed by atoms with Crippen LogP contribution in [0.25, 0.3) is 0 Å². The molecule has 3 aromatic rings. The second kappa shape index (κ2) is 10.0. The summed E-state index contributed by atoms with van der Waals surface area (Å²) in [4.78, 5) is 31.3. The summed E-state index contributed by atoms with van der Waals surface area (Å²) in [6.07, 6.45) is 1.38. The molecule has 1 aliphatic carbocycles. The largest absolute Gasteiger partial charge is 0.494 e. The quantitative estimate of drug-likeness (QED) is 0.430. The zero-order chi connectivity index (χ0) is 25.2. The number of hydrogen-bond acceptors (Lipinski definition) is 4. The molecule has 2 unspecified atom stereocenters. The lowest BCUT2D eigenvalue weighted by atomic mass is 9.72. The van der Waals surface area contributed by atoms with E-state index in [0.29, 0.717) is 19.4 Å². The number of allylic oxidation sites excluding steroid dienone is 2. The first-order valence-corrected chi connectivity index (χ1v) is 12.6. The van der Waals surface area contributed by atoms with Gasteiger partial charge in [-0.25, -0.2) is 0 Å². The molecule has 5 heteroatoms. The minimum Gasteiger partial charge on any atom is -0.494 e. The van der Waals surface area contributed by atoms with Crippen LogP contribution < -0.4 is 14.5 Å². The second-order valence-corrected chi connectivity index (χ2v) is 9.70. The molecule has 36 heavy (non-hydrogen) atoms. The number of ether oxygens (including phenoxy) is 1. The Morgan fingerprint density at radius 2 is 1.53 bits per heavy atom. The third-order valence-corrected chi connectivity index (χ3v) is 7.22. The lowest BCUT2D eigenvalue weighted by molar-refractivity contribution is -0.120. The predicted molar refractivity (Wildman–Crippen MR) is 144 cm³/mol. The van der Waals surface area contributed by atoms with Crippen LogP contribution in [0.2, 0.25) is 0 Å². The molecule has 3 aromatic carbocycles. The van der Waals surface area contributed by atoms with E-state index in [0.717, 1.165) is 39.5 Å². The van der Waals surface area contributed by atoms with Crippen molar-refractivity contribution in [1.82, 2.24) is 0 Å². The number of amides is 1. The van der Waals surface area contributed by atoms with E-state index in [-0.39, 0.29) is 29.9 Å². The molecular weight excluding hydrogens is 448 g/mol. The first kappa shape index (κ1) is 23.9. The van der Waals surface area contributed by atoms with Crippen molar-refractivity contribution >= 4 is 23.1 Å². The van der Waals surface area contributed by atoms with Crippen molar-refractivity contribution < 1.29 is 14.3 Å². The van der Waals surface area contributed by atoms with E-state index < -0.39 is 0 Å². The summed E-state index contributed by atoms with van der Waals surface area (Å²) in [5, 5.41) is 0. The van der Waals surface area contributed by atoms with Gasteiger partial charge in [0, 0.05) is 55.5 Å². The lowest BCUT2D eigenvalue weighted by Crippen LogP contribution is -2.41. The number of nitrogens with zero attached hydrogens (tertiary/aromatic N) is 2. The number of hydrogen-bond donors (Lipinski definition) is 0. The van der Waals surface area contributed by atoms with Crippen LogP contribution in [0.1, 0.15) is 49.1 Å². The topological polar surface area (TPSA) is 49.9 Å². The van der Waals surface area contributed by atoms with Crippen molar-refractivity contribution in [3.8, 4) is 5.75 Å². The Kier molecular flexibility index (Phi) is 6.64. The summed E-state index contributed by atoms with van der Waals surface area (Å²) in [6.45, 7) is 2.53. The maximum Gasteiger partial charge on any atom is 0.232 e. The average Bonchev–Trinajstić information content (AvgIpc) is 2.89. The third-order valence-electron chi connectivity index (χ3n) is 7.22. The highest BCUT2D eigenvalue weighted by molar-refractivity contribution is 6.08. The van der Waals surface area contributed by atoms with Gasteiger partial charge in [0.25, 0.3) is 0 Å². The Hall–Kier alpha value is -3.86. The third kappa shape index (κ3) is 4.53. The zero-order valence-electron chi connectivity index (χ0n) is 21.1. The van der Waals surface area contributed by atoms with Crippen LogP contribution in [-0.4, -0.2) is 32.4 Å². The van der Waals surface area contributed by atoms with Crippen molar-refractivity contribution in [2.75, 3.05) is 30.5 Å². The van der Waals surface area contributed by atoms with E-state index in [9.17, 15) is 9.59 Å². The summed E-state index contributed by atoms with van der Waals surface area (Å²) in [6, 6.07) is 26.0. The van der Waals surface area contributed by atoms with E-state index in [4.69, 9.17) is 4.74 Å². The normalized spacial score (nSPS) is 19.8. The van der Waals surface area contributed by atoms with Crippen molar-refractivity contribution in [1.29, 1.82) is 0 Å². The molecule has 184 valence electrons. The molecule has 0 saturated carbocycles. The van der Waals surface area contributed by atoms with Gasteiger partial charge in [0.15, 0.2) is 5.78 Å². The Labute approximate surface area is 213 Å². The number of carbonyl (C=O) groups is 2. The van der Waals surface area contributed by atoms with Gasteiger partial charge in [-0.05, 0) is 66.8 Å². The Bertz CT molecular complexity index is 1280. The van der Waals surface area contributed by atoms with Crippen molar-refractivity contribution in [2.45, 2.75) is 38.0 Å². The molecule has 0 spiro atoms. The molecule has 0 aromatic heterocycles. The second-order valence-electron chi connectivity index (χ2n) is 9.70. The molecule has 0 saturated heterocycles. The summed E-state index contributed by atoms with van der Waals surface area (Å²) in [5.41, 5.74) is 5.63. The van der Waals surface area contributed by atoms with E-state index in [1.54, 1.807) is 4.90 Å². The van der Waals surface area contributed by atoms with Crippen LogP contribution in [-0.2, 0) is 9.59 Å². The minimum atomic E-state index is -0.230. The van der Waals surface area contributed by atoms with Crippen LogP contribution in [0.15, 0.2) is 90.1 Å². The first-order valence-electron chi connectivity index (χ1n) is 12.6. The fraction of sp³-hybridized carbons (Fsp3) is 0.290. The van der Waals surface area contributed by atoms with Crippen LogP contribution in [0, 0.1) is 0 Å². The highest BCUT2D eigenvalue weighted by Crippen LogP contribution is 2.47. The number of benzene rings is 3. The standard InChI is InChI=1S/C31H32N2O3/c1-4-36-26-16-14-25(15-17-26)33-28-18-23(21-8-6-5-7-9-21)19-29(34)31(28)27(20-30(33)35)22-10-12-24(13-11-22)32(2)3/h5-17,23,27H,4,18-20H2,1-3H3. The van der Waals surface area contributed by atoms with Crippen LogP contribution >= 0.6 is 0 Å². The number of rotatable bonds is 6. The number of Topliss-reactive ketones (excluding diaryl/α,β-unsaturated/α-hetero) is 1. The Morgan fingerprint density at radius 1 is 0.833 bits per heavy atom. The zero-order valence-corrected chi connectivity index (χ0v) is 21.1. The summed E-state index contributed by atoms with van der Waals surface area (Å²) < 4.78 is 5.60. The maximum atomic E-state index is 13.8. The molecule has 1 amide bonds. The van der Waals surface area contributed by atoms with E-state index in [1.807, 2.05) is 68.4 Å².